The van der Waals surface area contributed by atoms with E-state index in [9.17, 15) is 9.59 Å². The van der Waals surface area contributed by atoms with E-state index in [4.69, 9.17) is 5.73 Å². The number of hydrogen-bond donors (Lipinski definition) is 2. The van der Waals surface area contributed by atoms with E-state index in [0.29, 0.717) is 18.4 Å². The third-order valence-electron chi connectivity index (χ3n) is 4.71. The van der Waals surface area contributed by atoms with Crippen LogP contribution >= 0.6 is 0 Å². The maximum Gasteiger partial charge on any atom is 0.252 e. The summed E-state index contributed by atoms with van der Waals surface area (Å²) in [7, 11) is 0. The van der Waals surface area contributed by atoms with Crippen molar-refractivity contribution in [2.24, 2.45) is 5.73 Å². The molecular weight excluding hydrogens is 304 g/mol. The monoisotopic (exact) mass is 326 g/mol. The van der Waals surface area contributed by atoms with Gasteiger partial charge in [-0.05, 0) is 37.1 Å². The topological polar surface area (TPSA) is 90.0 Å². The molecule has 2 amide bonds. The Hall–Kier alpha value is -2.63. The lowest BCUT2D eigenvalue weighted by Crippen LogP contribution is -2.57. The summed E-state index contributed by atoms with van der Waals surface area (Å²) in [5.41, 5.74) is 6.14. The van der Waals surface area contributed by atoms with Crippen LogP contribution in [0.25, 0.3) is 5.69 Å². The molecule has 126 valence electrons. The van der Waals surface area contributed by atoms with Crippen LogP contribution in [-0.2, 0) is 4.79 Å². The minimum absolute atomic E-state index is 0.257. The van der Waals surface area contributed by atoms with Crippen molar-refractivity contribution in [1.82, 2.24) is 14.9 Å². The van der Waals surface area contributed by atoms with Crippen LogP contribution in [0.15, 0.2) is 43.0 Å². The third kappa shape index (κ3) is 3.32. The van der Waals surface area contributed by atoms with E-state index in [1.165, 1.54) is 0 Å². The molecule has 0 saturated heterocycles. The number of nitrogens with zero attached hydrogens (tertiary/aromatic N) is 2. The molecule has 1 saturated carbocycles. The number of rotatable bonds is 4. The number of benzene rings is 1. The smallest absolute Gasteiger partial charge is 0.252 e. The highest BCUT2D eigenvalue weighted by Crippen LogP contribution is 2.27. The van der Waals surface area contributed by atoms with Gasteiger partial charge in [0.05, 0.1) is 6.33 Å². The molecule has 1 aliphatic carbocycles. The Morgan fingerprint density at radius 2 is 1.75 bits per heavy atom. The molecule has 3 rings (SSSR count). The van der Waals surface area contributed by atoms with Crippen LogP contribution < -0.4 is 11.1 Å². The van der Waals surface area contributed by atoms with Crippen LogP contribution in [0.3, 0.4) is 0 Å². The predicted octanol–water partition coefficient (Wildman–Crippen LogP) is 2.18. The van der Waals surface area contributed by atoms with Gasteiger partial charge in [0.2, 0.25) is 5.91 Å². The van der Waals surface area contributed by atoms with Crippen LogP contribution in [0.2, 0.25) is 0 Å². The van der Waals surface area contributed by atoms with E-state index in [0.717, 1.165) is 31.4 Å². The third-order valence-corrected chi connectivity index (χ3v) is 4.71. The Kier molecular flexibility index (Phi) is 4.64. The van der Waals surface area contributed by atoms with Gasteiger partial charge in [-0.25, -0.2) is 4.98 Å². The molecule has 0 bridgehead atoms. The summed E-state index contributed by atoms with van der Waals surface area (Å²) in [5, 5.41) is 2.91. The first kappa shape index (κ1) is 16.2. The lowest BCUT2D eigenvalue weighted by atomic mass is 9.89. The SMILES string of the molecule is NC(=O)C1(NC(=O)c2ccc(-n3ccnc3)cc2)CCCCCC1. The molecule has 0 unspecified atom stereocenters. The van der Waals surface area contributed by atoms with Crippen molar-refractivity contribution in [1.29, 1.82) is 0 Å². The van der Waals surface area contributed by atoms with Crippen molar-refractivity contribution in [2.45, 2.75) is 44.1 Å². The zero-order valence-electron chi connectivity index (χ0n) is 13.6. The van der Waals surface area contributed by atoms with Gasteiger partial charge in [0.25, 0.3) is 5.91 Å². The fourth-order valence-electron chi connectivity index (χ4n) is 3.25. The number of hydrogen-bond acceptors (Lipinski definition) is 3. The van der Waals surface area contributed by atoms with Gasteiger partial charge >= 0.3 is 0 Å². The van der Waals surface area contributed by atoms with Crippen molar-refractivity contribution < 1.29 is 9.59 Å². The van der Waals surface area contributed by atoms with Crippen LogP contribution in [-0.4, -0.2) is 26.9 Å². The normalized spacial score (nSPS) is 17.0. The molecule has 2 aromatic rings. The summed E-state index contributed by atoms with van der Waals surface area (Å²) in [6.07, 6.45) is 10.4. The Labute approximate surface area is 141 Å². The number of aromatic nitrogens is 2. The zero-order valence-corrected chi connectivity index (χ0v) is 13.6. The van der Waals surface area contributed by atoms with Gasteiger partial charge in [-0.2, -0.15) is 0 Å². The van der Waals surface area contributed by atoms with Gasteiger partial charge in [-0.3, -0.25) is 9.59 Å². The standard InChI is InChI=1S/C18H22N4O2/c19-17(24)18(9-3-1-2-4-10-18)21-16(23)14-5-7-15(8-6-14)22-12-11-20-13-22/h5-8,11-13H,1-4,9-10H2,(H2,19,24)(H,21,23). The van der Waals surface area contributed by atoms with Crippen molar-refractivity contribution in [3.63, 3.8) is 0 Å². The fraction of sp³-hybridized carbons (Fsp3) is 0.389. The molecule has 1 aliphatic rings. The van der Waals surface area contributed by atoms with Crippen LogP contribution in [0.4, 0.5) is 0 Å². The Balaban J connectivity index is 1.76. The van der Waals surface area contributed by atoms with E-state index in [1.54, 1.807) is 24.7 Å². The van der Waals surface area contributed by atoms with Gasteiger partial charge in [0.15, 0.2) is 0 Å². The Morgan fingerprint density at radius 3 is 2.29 bits per heavy atom. The van der Waals surface area contributed by atoms with E-state index in [-0.39, 0.29) is 5.91 Å². The van der Waals surface area contributed by atoms with Crippen molar-refractivity contribution in [3.05, 3.63) is 48.5 Å². The quantitative estimate of drug-likeness (QED) is 0.844. The van der Waals surface area contributed by atoms with Crippen LogP contribution in [0.5, 0.6) is 0 Å². The number of carbonyl (C=O) groups is 2. The summed E-state index contributed by atoms with van der Waals surface area (Å²) in [6.45, 7) is 0. The second-order valence-electron chi connectivity index (χ2n) is 6.33. The van der Waals surface area contributed by atoms with Crippen molar-refractivity contribution >= 4 is 11.8 Å². The number of carbonyl (C=O) groups excluding carboxylic acids is 2. The summed E-state index contributed by atoms with van der Waals surface area (Å²) in [5.74, 6) is -0.694. The number of amides is 2. The molecule has 6 heteroatoms. The van der Waals surface area contributed by atoms with Crippen molar-refractivity contribution in [2.75, 3.05) is 0 Å². The van der Waals surface area contributed by atoms with Gasteiger partial charge < -0.3 is 15.6 Å². The first-order valence-corrected chi connectivity index (χ1v) is 8.32. The number of nitrogens with one attached hydrogen (secondary N) is 1. The number of imidazole rings is 1. The molecular formula is C18H22N4O2. The Morgan fingerprint density at radius 1 is 1.08 bits per heavy atom. The molecule has 3 N–H and O–H groups in total. The second kappa shape index (κ2) is 6.86. The maximum absolute atomic E-state index is 12.6. The van der Waals surface area contributed by atoms with Gasteiger partial charge in [0, 0.05) is 23.6 Å². The summed E-state index contributed by atoms with van der Waals surface area (Å²) < 4.78 is 1.86. The summed E-state index contributed by atoms with van der Waals surface area (Å²) in [6, 6.07) is 7.19. The van der Waals surface area contributed by atoms with E-state index < -0.39 is 11.4 Å². The molecule has 6 nitrogen and oxygen atoms in total. The van der Waals surface area contributed by atoms with Gasteiger partial charge in [-0.15, -0.1) is 0 Å². The van der Waals surface area contributed by atoms with E-state index >= 15 is 0 Å². The van der Waals surface area contributed by atoms with Crippen LogP contribution in [0.1, 0.15) is 48.9 Å². The molecule has 1 heterocycles. The molecule has 0 aliphatic heterocycles. The fourth-order valence-corrected chi connectivity index (χ4v) is 3.25. The number of nitrogens with two attached hydrogens (primary N) is 1. The molecule has 1 fully saturated rings. The largest absolute Gasteiger partial charge is 0.368 e. The molecule has 0 radical (unpaired) electrons. The molecule has 0 spiro atoms. The Bertz CT molecular complexity index is 699. The highest BCUT2D eigenvalue weighted by Gasteiger charge is 2.38. The zero-order chi connectivity index (χ0) is 17.0. The van der Waals surface area contributed by atoms with Crippen molar-refractivity contribution in [3.8, 4) is 5.69 Å². The van der Waals surface area contributed by atoms with E-state index in [1.807, 2.05) is 22.9 Å². The average molecular weight is 326 g/mol. The predicted molar refractivity (Wildman–Crippen MR) is 90.7 cm³/mol. The minimum atomic E-state index is -0.920. The average Bonchev–Trinajstić information content (AvgIpc) is 3.02. The van der Waals surface area contributed by atoms with E-state index in [2.05, 4.69) is 10.3 Å². The molecule has 0 atom stereocenters. The van der Waals surface area contributed by atoms with Gasteiger partial charge in [0.1, 0.15) is 5.54 Å². The molecule has 1 aromatic carbocycles. The number of primary amides is 1. The highest BCUT2D eigenvalue weighted by atomic mass is 16.2. The highest BCUT2D eigenvalue weighted by molar-refractivity contribution is 5.99. The van der Waals surface area contributed by atoms with Crippen LogP contribution in [0, 0.1) is 0 Å². The maximum atomic E-state index is 12.6. The lowest BCUT2D eigenvalue weighted by molar-refractivity contribution is -0.124. The minimum Gasteiger partial charge on any atom is -0.368 e. The first-order chi connectivity index (χ1) is 11.6. The lowest BCUT2D eigenvalue weighted by Gasteiger charge is -2.30. The first-order valence-electron chi connectivity index (χ1n) is 8.32. The van der Waals surface area contributed by atoms with Gasteiger partial charge in [-0.1, -0.05) is 25.7 Å². The summed E-state index contributed by atoms with van der Waals surface area (Å²) >= 11 is 0. The summed E-state index contributed by atoms with van der Waals surface area (Å²) in [4.78, 5) is 28.6. The molecule has 24 heavy (non-hydrogen) atoms. The molecule has 1 aromatic heterocycles. The second-order valence-corrected chi connectivity index (χ2v) is 6.33.